The normalized spacial score (nSPS) is 12.7. The summed E-state index contributed by atoms with van der Waals surface area (Å²) in [5, 5.41) is 5.85. The Labute approximate surface area is 88.1 Å². The maximum Gasteiger partial charge on any atom is 0.237 e. The third kappa shape index (κ3) is 6.78. The van der Waals surface area contributed by atoms with E-state index < -0.39 is 0 Å². The summed E-state index contributed by atoms with van der Waals surface area (Å²) >= 11 is 3.21. The largest absolute Gasteiger partial charge is 0.353 e. The average Bonchev–Trinajstić information content (AvgIpc) is 1.98. The van der Waals surface area contributed by atoms with E-state index in [0.29, 0.717) is 6.54 Å². The molecule has 0 rings (SSSR count). The molecular formula is C9H17BrN2O. The molecule has 0 fully saturated rings. The maximum atomic E-state index is 11.3. The molecule has 1 atom stereocenters. The Morgan fingerprint density at radius 3 is 2.38 bits per heavy atom. The molecule has 3 nitrogen and oxygen atoms in total. The molecule has 13 heavy (non-hydrogen) atoms. The van der Waals surface area contributed by atoms with Gasteiger partial charge in [-0.2, -0.15) is 0 Å². The van der Waals surface area contributed by atoms with Gasteiger partial charge < -0.3 is 10.6 Å². The summed E-state index contributed by atoms with van der Waals surface area (Å²) in [5.74, 6) is 0.0174. The monoisotopic (exact) mass is 248 g/mol. The van der Waals surface area contributed by atoms with Crippen LogP contribution in [0.15, 0.2) is 11.1 Å². The van der Waals surface area contributed by atoms with Gasteiger partial charge in [0.15, 0.2) is 0 Å². The first-order valence-corrected chi connectivity index (χ1v) is 5.09. The summed E-state index contributed by atoms with van der Waals surface area (Å²) in [6.45, 7) is 9.98. The fourth-order valence-electron chi connectivity index (χ4n) is 0.766. The second-order valence-corrected chi connectivity index (χ2v) is 4.40. The van der Waals surface area contributed by atoms with Crippen LogP contribution in [0.2, 0.25) is 0 Å². The molecule has 0 spiro atoms. The smallest absolute Gasteiger partial charge is 0.237 e. The number of halogens is 1. The van der Waals surface area contributed by atoms with Crippen molar-refractivity contribution in [2.24, 2.45) is 0 Å². The van der Waals surface area contributed by atoms with E-state index in [9.17, 15) is 4.79 Å². The van der Waals surface area contributed by atoms with Crippen molar-refractivity contribution in [2.75, 3.05) is 6.54 Å². The van der Waals surface area contributed by atoms with Gasteiger partial charge in [0.05, 0.1) is 6.04 Å². The highest BCUT2D eigenvalue weighted by molar-refractivity contribution is 9.11. The number of carbonyl (C=O) groups excluding carboxylic acids is 1. The van der Waals surface area contributed by atoms with Gasteiger partial charge in [-0.3, -0.25) is 4.79 Å². The number of hydrogen-bond acceptors (Lipinski definition) is 2. The highest BCUT2D eigenvalue weighted by Crippen LogP contribution is 1.97. The molecule has 0 saturated carbocycles. The highest BCUT2D eigenvalue weighted by Gasteiger charge is 2.12. The molecule has 1 amide bonds. The van der Waals surface area contributed by atoms with Crippen molar-refractivity contribution in [1.82, 2.24) is 10.6 Å². The summed E-state index contributed by atoms with van der Waals surface area (Å²) < 4.78 is 0.844. The van der Waals surface area contributed by atoms with E-state index in [0.717, 1.165) is 4.48 Å². The summed E-state index contributed by atoms with van der Waals surface area (Å²) in [6, 6.07) is 0.000576. The topological polar surface area (TPSA) is 41.1 Å². The quantitative estimate of drug-likeness (QED) is 0.773. The molecule has 0 aromatic heterocycles. The molecule has 0 bridgehead atoms. The Bertz CT molecular complexity index is 192. The van der Waals surface area contributed by atoms with Crippen LogP contribution in [0.25, 0.3) is 0 Å². The van der Waals surface area contributed by atoms with Crippen molar-refractivity contribution in [3.63, 3.8) is 0 Å². The Balaban J connectivity index is 3.76. The molecule has 0 heterocycles. The van der Waals surface area contributed by atoms with Crippen molar-refractivity contribution in [2.45, 2.75) is 32.9 Å². The predicted octanol–water partition coefficient (Wildman–Crippen LogP) is 1.40. The van der Waals surface area contributed by atoms with Gasteiger partial charge >= 0.3 is 0 Å². The molecule has 0 aliphatic carbocycles. The first-order valence-electron chi connectivity index (χ1n) is 4.30. The van der Waals surface area contributed by atoms with Gasteiger partial charge in [-0.25, -0.2) is 0 Å². The average molecular weight is 249 g/mol. The van der Waals surface area contributed by atoms with Gasteiger partial charge in [0.1, 0.15) is 0 Å². The third-order valence-corrected chi connectivity index (χ3v) is 1.70. The molecule has 0 saturated heterocycles. The second kappa shape index (κ2) is 6.16. The van der Waals surface area contributed by atoms with Gasteiger partial charge in [0.2, 0.25) is 5.91 Å². The van der Waals surface area contributed by atoms with E-state index in [4.69, 9.17) is 0 Å². The van der Waals surface area contributed by atoms with Crippen LogP contribution in [0.1, 0.15) is 20.8 Å². The van der Waals surface area contributed by atoms with Gasteiger partial charge in [0, 0.05) is 17.1 Å². The lowest BCUT2D eigenvalue weighted by molar-refractivity contribution is -0.123. The number of amides is 1. The van der Waals surface area contributed by atoms with E-state index in [2.05, 4.69) is 33.1 Å². The lowest BCUT2D eigenvalue weighted by Crippen LogP contribution is -2.44. The molecule has 0 aromatic rings. The standard InChI is InChI=1S/C9H17BrN2O/c1-6(2)12-9(13)8(4)11-5-7(3)10/h6,8,11H,3,5H2,1-2,4H3,(H,12,13). The SMILES string of the molecule is C=C(Br)CNC(C)C(=O)NC(C)C. The maximum absolute atomic E-state index is 11.3. The number of hydrogen-bond donors (Lipinski definition) is 2. The van der Waals surface area contributed by atoms with Crippen LogP contribution in [0.3, 0.4) is 0 Å². The minimum absolute atomic E-state index is 0.0174. The lowest BCUT2D eigenvalue weighted by atomic mass is 10.3. The minimum Gasteiger partial charge on any atom is -0.353 e. The minimum atomic E-state index is -0.184. The Morgan fingerprint density at radius 1 is 1.46 bits per heavy atom. The predicted molar refractivity (Wildman–Crippen MR) is 58.8 cm³/mol. The van der Waals surface area contributed by atoms with Crippen molar-refractivity contribution in [3.8, 4) is 0 Å². The van der Waals surface area contributed by atoms with E-state index >= 15 is 0 Å². The molecule has 0 aliphatic heterocycles. The molecule has 1 unspecified atom stereocenters. The van der Waals surface area contributed by atoms with Crippen LogP contribution in [-0.4, -0.2) is 24.5 Å². The Morgan fingerprint density at radius 2 is 2.00 bits per heavy atom. The Kier molecular flexibility index (Phi) is 5.99. The molecule has 2 N–H and O–H groups in total. The molecule has 0 aromatic carbocycles. The fourth-order valence-corrected chi connectivity index (χ4v) is 0.928. The van der Waals surface area contributed by atoms with Gasteiger partial charge in [-0.05, 0) is 20.8 Å². The molecule has 4 heteroatoms. The number of nitrogens with one attached hydrogen (secondary N) is 2. The van der Waals surface area contributed by atoms with Crippen LogP contribution < -0.4 is 10.6 Å². The summed E-state index contributed by atoms with van der Waals surface area (Å²) in [4.78, 5) is 11.3. The zero-order valence-electron chi connectivity index (χ0n) is 8.36. The Hall–Kier alpha value is -0.350. The lowest BCUT2D eigenvalue weighted by Gasteiger charge is -2.15. The highest BCUT2D eigenvalue weighted by atomic mass is 79.9. The van der Waals surface area contributed by atoms with E-state index in [-0.39, 0.29) is 18.0 Å². The summed E-state index contributed by atoms with van der Waals surface area (Å²) in [5.41, 5.74) is 0. The molecule has 0 radical (unpaired) electrons. The third-order valence-electron chi connectivity index (χ3n) is 1.42. The van der Waals surface area contributed by atoms with Gasteiger partial charge in [-0.15, -0.1) is 0 Å². The second-order valence-electron chi connectivity index (χ2n) is 3.28. The van der Waals surface area contributed by atoms with Crippen LogP contribution in [0.5, 0.6) is 0 Å². The summed E-state index contributed by atoms with van der Waals surface area (Å²) in [6.07, 6.45) is 0. The van der Waals surface area contributed by atoms with Gasteiger partial charge in [-0.1, -0.05) is 22.5 Å². The molecule has 76 valence electrons. The van der Waals surface area contributed by atoms with Crippen LogP contribution in [0, 0.1) is 0 Å². The van der Waals surface area contributed by atoms with Crippen molar-refractivity contribution in [3.05, 3.63) is 11.1 Å². The van der Waals surface area contributed by atoms with Crippen molar-refractivity contribution in [1.29, 1.82) is 0 Å². The van der Waals surface area contributed by atoms with Crippen LogP contribution >= 0.6 is 15.9 Å². The van der Waals surface area contributed by atoms with E-state index in [1.165, 1.54) is 0 Å². The zero-order chi connectivity index (χ0) is 10.4. The van der Waals surface area contributed by atoms with Crippen LogP contribution in [-0.2, 0) is 4.79 Å². The fraction of sp³-hybridized carbons (Fsp3) is 0.667. The first kappa shape index (κ1) is 12.7. The summed E-state index contributed by atoms with van der Waals surface area (Å²) in [7, 11) is 0. The molecular weight excluding hydrogens is 232 g/mol. The van der Waals surface area contributed by atoms with Crippen molar-refractivity contribution < 1.29 is 4.79 Å². The number of rotatable bonds is 5. The van der Waals surface area contributed by atoms with Crippen molar-refractivity contribution >= 4 is 21.8 Å². The van der Waals surface area contributed by atoms with Gasteiger partial charge in [0.25, 0.3) is 0 Å². The first-order chi connectivity index (χ1) is 5.93. The zero-order valence-corrected chi connectivity index (χ0v) is 9.94. The number of carbonyl (C=O) groups is 1. The van der Waals surface area contributed by atoms with E-state index in [1.54, 1.807) is 0 Å². The van der Waals surface area contributed by atoms with Crippen LogP contribution in [0.4, 0.5) is 0 Å². The van der Waals surface area contributed by atoms with E-state index in [1.807, 2.05) is 20.8 Å². The molecule has 0 aliphatic rings.